The molecule has 158 valence electrons. The quantitative estimate of drug-likeness (QED) is 0.797. The number of pyridine rings is 1. The third-order valence-corrected chi connectivity index (χ3v) is 4.83. The smallest absolute Gasteiger partial charge is 0.349 e. The molecule has 3 heterocycles. The molecule has 0 aliphatic carbocycles. The SMILES string of the molecule is CN(C)CCn1nc2n(c1=O)CCC(NC(=O)c1cccnc1C(F)(F)F)CC2. The Balaban J connectivity index is 1.68. The molecular weight excluding hydrogens is 389 g/mol. The lowest BCUT2D eigenvalue weighted by Gasteiger charge is -2.18. The van der Waals surface area contributed by atoms with E-state index in [1.807, 2.05) is 19.0 Å². The van der Waals surface area contributed by atoms with Crippen LogP contribution in [0.25, 0.3) is 0 Å². The number of nitrogens with zero attached hydrogens (tertiary/aromatic N) is 5. The van der Waals surface area contributed by atoms with Crippen LogP contribution in [0.2, 0.25) is 0 Å². The molecule has 1 unspecified atom stereocenters. The molecule has 11 heteroatoms. The summed E-state index contributed by atoms with van der Waals surface area (Å²) < 4.78 is 42.3. The van der Waals surface area contributed by atoms with Crippen LogP contribution in [0.5, 0.6) is 0 Å². The summed E-state index contributed by atoms with van der Waals surface area (Å²) in [6, 6.07) is 2.04. The lowest BCUT2D eigenvalue weighted by molar-refractivity contribution is -0.141. The Bertz CT molecular complexity index is 934. The van der Waals surface area contributed by atoms with Crippen molar-refractivity contribution < 1.29 is 18.0 Å². The van der Waals surface area contributed by atoms with E-state index < -0.39 is 23.3 Å². The zero-order valence-electron chi connectivity index (χ0n) is 16.2. The first-order chi connectivity index (χ1) is 13.7. The van der Waals surface area contributed by atoms with Gasteiger partial charge in [-0.15, -0.1) is 0 Å². The predicted octanol–water partition coefficient (Wildman–Crippen LogP) is 1.16. The molecule has 1 N–H and O–H groups in total. The highest BCUT2D eigenvalue weighted by atomic mass is 19.4. The summed E-state index contributed by atoms with van der Waals surface area (Å²) in [7, 11) is 3.82. The van der Waals surface area contributed by atoms with E-state index in [1.165, 1.54) is 10.7 Å². The van der Waals surface area contributed by atoms with Crippen LogP contribution in [0.3, 0.4) is 0 Å². The molecule has 2 aromatic heterocycles. The predicted molar refractivity (Wildman–Crippen MR) is 98.5 cm³/mol. The van der Waals surface area contributed by atoms with Gasteiger partial charge in [-0.3, -0.25) is 14.3 Å². The third-order valence-electron chi connectivity index (χ3n) is 4.83. The van der Waals surface area contributed by atoms with Crippen LogP contribution in [0.15, 0.2) is 23.1 Å². The van der Waals surface area contributed by atoms with Gasteiger partial charge in [0.25, 0.3) is 5.91 Å². The monoisotopic (exact) mass is 412 g/mol. The van der Waals surface area contributed by atoms with E-state index in [4.69, 9.17) is 0 Å². The van der Waals surface area contributed by atoms with Gasteiger partial charge in [0.05, 0.1) is 12.1 Å². The average Bonchev–Trinajstić information content (AvgIpc) is 2.82. The molecule has 29 heavy (non-hydrogen) atoms. The molecule has 2 aromatic rings. The minimum absolute atomic E-state index is 0.208. The Labute approximate surface area is 165 Å². The van der Waals surface area contributed by atoms with Crippen molar-refractivity contribution in [1.29, 1.82) is 0 Å². The number of hydrogen-bond acceptors (Lipinski definition) is 5. The summed E-state index contributed by atoms with van der Waals surface area (Å²) in [6.07, 6.45) is -2.34. The molecule has 8 nitrogen and oxygen atoms in total. The van der Waals surface area contributed by atoms with Crippen molar-refractivity contribution in [3.8, 4) is 0 Å². The van der Waals surface area contributed by atoms with E-state index in [2.05, 4.69) is 15.4 Å². The van der Waals surface area contributed by atoms with Gasteiger partial charge in [-0.2, -0.15) is 18.3 Å². The molecule has 1 atom stereocenters. The second kappa shape index (κ2) is 8.36. The topological polar surface area (TPSA) is 85.0 Å². The standard InChI is InChI=1S/C18H23F3N6O2/c1-25(2)10-11-27-17(29)26-9-7-12(5-6-14(26)24-27)23-16(28)13-4-3-8-22-15(13)18(19,20)21/h3-4,8,12H,5-7,9-11H2,1-2H3,(H,23,28). The molecule has 1 amide bonds. The molecule has 0 spiro atoms. The van der Waals surface area contributed by atoms with Gasteiger partial charge in [-0.05, 0) is 39.1 Å². The largest absolute Gasteiger partial charge is 0.434 e. The highest BCUT2D eigenvalue weighted by Crippen LogP contribution is 2.30. The second-order valence-corrected chi connectivity index (χ2v) is 7.27. The zero-order chi connectivity index (χ0) is 21.2. The highest BCUT2D eigenvalue weighted by molar-refractivity contribution is 5.95. The maximum atomic E-state index is 13.1. The summed E-state index contributed by atoms with van der Waals surface area (Å²) in [6.45, 7) is 1.51. The Morgan fingerprint density at radius 2 is 2.10 bits per heavy atom. The van der Waals surface area contributed by atoms with Gasteiger partial charge in [0.15, 0.2) is 5.69 Å². The number of halogens is 3. The molecule has 3 rings (SSSR count). The summed E-state index contributed by atoms with van der Waals surface area (Å²) in [5, 5.41) is 7.02. The lowest BCUT2D eigenvalue weighted by atomic mass is 10.1. The maximum absolute atomic E-state index is 13.1. The maximum Gasteiger partial charge on any atom is 0.434 e. The van der Waals surface area contributed by atoms with E-state index in [-0.39, 0.29) is 11.7 Å². The van der Waals surface area contributed by atoms with Gasteiger partial charge in [0.2, 0.25) is 0 Å². The van der Waals surface area contributed by atoms with Gasteiger partial charge in [0.1, 0.15) is 5.82 Å². The highest BCUT2D eigenvalue weighted by Gasteiger charge is 2.37. The number of likely N-dealkylation sites (N-methyl/N-ethyl adjacent to an activating group) is 1. The van der Waals surface area contributed by atoms with Crippen LogP contribution in [0, 0.1) is 0 Å². The van der Waals surface area contributed by atoms with E-state index in [9.17, 15) is 22.8 Å². The molecule has 1 aliphatic rings. The van der Waals surface area contributed by atoms with Crippen LogP contribution >= 0.6 is 0 Å². The molecule has 0 fully saturated rings. The molecule has 0 saturated heterocycles. The zero-order valence-corrected chi connectivity index (χ0v) is 16.2. The van der Waals surface area contributed by atoms with Gasteiger partial charge in [-0.1, -0.05) is 0 Å². The van der Waals surface area contributed by atoms with Crippen molar-refractivity contribution in [1.82, 2.24) is 29.5 Å². The van der Waals surface area contributed by atoms with E-state index in [0.717, 1.165) is 12.3 Å². The molecule has 0 aromatic carbocycles. The average molecular weight is 412 g/mol. The lowest BCUT2D eigenvalue weighted by Crippen LogP contribution is -2.37. The van der Waals surface area contributed by atoms with Crippen LogP contribution in [-0.2, 0) is 25.7 Å². The Hall–Kier alpha value is -2.69. The molecule has 1 aliphatic heterocycles. The van der Waals surface area contributed by atoms with Gasteiger partial charge in [-0.25, -0.2) is 9.48 Å². The van der Waals surface area contributed by atoms with Crippen LogP contribution < -0.4 is 11.0 Å². The normalized spacial score (nSPS) is 17.1. The van der Waals surface area contributed by atoms with Crippen molar-refractivity contribution in [3.05, 3.63) is 45.9 Å². The van der Waals surface area contributed by atoms with E-state index in [0.29, 0.717) is 44.7 Å². The fourth-order valence-electron chi connectivity index (χ4n) is 3.29. The van der Waals surface area contributed by atoms with E-state index >= 15 is 0 Å². The van der Waals surface area contributed by atoms with Crippen LogP contribution in [-0.4, -0.2) is 56.8 Å². The van der Waals surface area contributed by atoms with Crippen molar-refractivity contribution in [2.24, 2.45) is 0 Å². The van der Waals surface area contributed by atoms with E-state index in [1.54, 1.807) is 4.57 Å². The summed E-state index contributed by atoms with van der Waals surface area (Å²) >= 11 is 0. The number of aryl methyl sites for hydroxylation is 1. The van der Waals surface area contributed by atoms with Crippen molar-refractivity contribution in [3.63, 3.8) is 0 Å². The van der Waals surface area contributed by atoms with Crippen LogP contribution in [0.4, 0.5) is 13.2 Å². The molecule has 0 radical (unpaired) electrons. The molecular formula is C18H23F3N6O2. The van der Waals surface area contributed by atoms with Gasteiger partial charge in [0, 0.05) is 31.7 Å². The summed E-state index contributed by atoms with van der Waals surface area (Å²) in [4.78, 5) is 30.2. The Kier molecular flexibility index (Phi) is 6.06. The van der Waals surface area contributed by atoms with Crippen molar-refractivity contribution in [2.45, 2.75) is 44.6 Å². The number of rotatable bonds is 5. The number of fused-ring (bicyclic) bond motifs is 1. The Morgan fingerprint density at radius 3 is 2.79 bits per heavy atom. The number of hydrogen-bond donors (Lipinski definition) is 1. The fraction of sp³-hybridized carbons (Fsp3) is 0.556. The van der Waals surface area contributed by atoms with Crippen molar-refractivity contribution >= 4 is 5.91 Å². The first-order valence-electron chi connectivity index (χ1n) is 9.31. The minimum Gasteiger partial charge on any atom is -0.349 e. The van der Waals surface area contributed by atoms with Gasteiger partial charge >= 0.3 is 11.9 Å². The van der Waals surface area contributed by atoms with Crippen molar-refractivity contribution in [2.75, 3.05) is 20.6 Å². The number of amides is 1. The number of alkyl halides is 3. The summed E-state index contributed by atoms with van der Waals surface area (Å²) in [5.41, 5.74) is -1.92. The number of aromatic nitrogens is 4. The number of carbonyl (C=O) groups is 1. The second-order valence-electron chi connectivity index (χ2n) is 7.27. The minimum atomic E-state index is -4.71. The Morgan fingerprint density at radius 1 is 1.34 bits per heavy atom. The first kappa shape index (κ1) is 21.0. The van der Waals surface area contributed by atoms with Gasteiger partial charge < -0.3 is 10.2 Å². The number of nitrogens with one attached hydrogen (secondary N) is 1. The summed E-state index contributed by atoms with van der Waals surface area (Å²) in [5.74, 6) is -0.193. The molecule has 0 saturated carbocycles. The third kappa shape index (κ3) is 4.84. The first-order valence-corrected chi connectivity index (χ1v) is 9.31. The molecule has 0 bridgehead atoms. The van der Waals surface area contributed by atoms with Crippen LogP contribution in [0.1, 0.15) is 34.7 Å². The number of carbonyl (C=O) groups excluding carboxylic acids is 1. The fourth-order valence-corrected chi connectivity index (χ4v) is 3.29.